The summed E-state index contributed by atoms with van der Waals surface area (Å²) in [6.45, 7) is 2.13. The molecule has 0 bridgehead atoms. The second-order valence-corrected chi connectivity index (χ2v) is 4.44. The summed E-state index contributed by atoms with van der Waals surface area (Å²) in [4.78, 5) is 11.5. The molecular formula is C13H14N2O2S. The Hall–Kier alpha value is -2.01. The van der Waals surface area contributed by atoms with Crippen molar-refractivity contribution in [3.63, 3.8) is 0 Å². The number of nitrogen functional groups attached to an aromatic ring is 1. The van der Waals surface area contributed by atoms with Crippen LogP contribution in [0.5, 0.6) is 0 Å². The molecule has 2 aromatic rings. The van der Waals surface area contributed by atoms with E-state index in [4.69, 9.17) is 10.5 Å². The van der Waals surface area contributed by atoms with Gasteiger partial charge in [-0.2, -0.15) is 11.3 Å². The monoisotopic (exact) mass is 262 g/mol. The number of nitrogens with two attached hydrogens (primary N) is 1. The highest BCUT2D eigenvalue weighted by molar-refractivity contribution is 7.08. The van der Waals surface area contributed by atoms with E-state index in [1.165, 1.54) is 0 Å². The van der Waals surface area contributed by atoms with Crippen LogP contribution >= 0.6 is 11.3 Å². The van der Waals surface area contributed by atoms with Gasteiger partial charge in [0.1, 0.15) is 0 Å². The minimum Gasteiger partial charge on any atom is -0.462 e. The van der Waals surface area contributed by atoms with Gasteiger partial charge in [0.2, 0.25) is 0 Å². The Morgan fingerprint density at radius 1 is 1.44 bits per heavy atom. The summed E-state index contributed by atoms with van der Waals surface area (Å²) in [5.41, 5.74) is 8.65. The van der Waals surface area contributed by atoms with Crippen molar-refractivity contribution < 1.29 is 9.53 Å². The number of carbonyl (C=O) groups excluding carboxylic acids is 1. The largest absolute Gasteiger partial charge is 0.462 e. The quantitative estimate of drug-likeness (QED) is 0.655. The smallest absolute Gasteiger partial charge is 0.338 e. The highest BCUT2D eigenvalue weighted by Crippen LogP contribution is 2.25. The van der Waals surface area contributed by atoms with Crippen LogP contribution in [0, 0.1) is 0 Å². The first-order valence-corrected chi connectivity index (χ1v) is 6.51. The van der Waals surface area contributed by atoms with Gasteiger partial charge in [-0.15, -0.1) is 0 Å². The normalized spacial score (nSPS) is 10.1. The number of ether oxygens (including phenoxy) is 1. The van der Waals surface area contributed by atoms with Crippen molar-refractivity contribution in [2.75, 3.05) is 17.7 Å². The Morgan fingerprint density at radius 2 is 2.28 bits per heavy atom. The number of hydrogen-bond donors (Lipinski definition) is 2. The Morgan fingerprint density at radius 3 is 2.89 bits per heavy atom. The van der Waals surface area contributed by atoms with E-state index in [1.54, 1.807) is 36.5 Å². The van der Waals surface area contributed by atoms with Crippen molar-refractivity contribution in [1.29, 1.82) is 0 Å². The first-order chi connectivity index (χ1) is 8.70. The molecule has 18 heavy (non-hydrogen) atoms. The molecule has 0 saturated carbocycles. The molecule has 0 unspecified atom stereocenters. The molecule has 1 aromatic heterocycles. The molecule has 0 atom stereocenters. The van der Waals surface area contributed by atoms with Crippen LogP contribution in [0.4, 0.5) is 17.1 Å². The summed E-state index contributed by atoms with van der Waals surface area (Å²) >= 11 is 1.60. The number of carbonyl (C=O) groups is 1. The van der Waals surface area contributed by atoms with Crippen LogP contribution in [-0.2, 0) is 4.74 Å². The topological polar surface area (TPSA) is 64.3 Å². The predicted molar refractivity (Wildman–Crippen MR) is 74.4 cm³/mol. The Bertz CT molecular complexity index is 538. The Kier molecular flexibility index (Phi) is 3.84. The van der Waals surface area contributed by atoms with E-state index >= 15 is 0 Å². The lowest BCUT2D eigenvalue weighted by Gasteiger charge is -2.09. The van der Waals surface area contributed by atoms with E-state index in [0.717, 1.165) is 11.4 Å². The SMILES string of the molecule is CCOC(=O)c1ccc(Nc2ccsc2)c(N)c1. The number of hydrogen-bond acceptors (Lipinski definition) is 5. The van der Waals surface area contributed by atoms with E-state index in [-0.39, 0.29) is 5.97 Å². The fourth-order valence-corrected chi connectivity index (χ4v) is 2.10. The summed E-state index contributed by atoms with van der Waals surface area (Å²) in [5, 5.41) is 7.15. The molecule has 0 fully saturated rings. The van der Waals surface area contributed by atoms with Crippen molar-refractivity contribution in [3.05, 3.63) is 40.6 Å². The minimum absolute atomic E-state index is 0.355. The van der Waals surface area contributed by atoms with Gasteiger partial charge >= 0.3 is 5.97 Å². The molecule has 0 radical (unpaired) electrons. The minimum atomic E-state index is -0.355. The molecule has 1 aromatic carbocycles. The molecule has 4 nitrogen and oxygen atoms in total. The molecule has 0 aliphatic carbocycles. The van der Waals surface area contributed by atoms with Gasteiger partial charge in [0.05, 0.1) is 23.5 Å². The highest BCUT2D eigenvalue weighted by Gasteiger charge is 2.09. The summed E-state index contributed by atoms with van der Waals surface area (Å²) in [7, 11) is 0. The maximum atomic E-state index is 11.5. The highest BCUT2D eigenvalue weighted by atomic mass is 32.1. The molecule has 2 rings (SSSR count). The summed E-state index contributed by atoms with van der Waals surface area (Å²) in [5.74, 6) is -0.355. The summed E-state index contributed by atoms with van der Waals surface area (Å²) in [6, 6.07) is 7.05. The van der Waals surface area contributed by atoms with E-state index in [2.05, 4.69) is 5.32 Å². The molecule has 0 saturated heterocycles. The Balaban J connectivity index is 2.17. The third-order valence-corrected chi connectivity index (χ3v) is 3.05. The molecule has 3 N–H and O–H groups in total. The van der Waals surface area contributed by atoms with Crippen LogP contribution in [0.3, 0.4) is 0 Å². The lowest BCUT2D eigenvalue weighted by molar-refractivity contribution is 0.0526. The zero-order chi connectivity index (χ0) is 13.0. The van der Waals surface area contributed by atoms with Gasteiger partial charge in [-0.1, -0.05) is 0 Å². The number of esters is 1. The second-order valence-electron chi connectivity index (χ2n) is 3.66. The zero-order valence-electron chi connectivity index (χ0n) is 9.97. The van der Waals surface area contributed by atoms with Crippen LogP contribution in [0.25, 0.3) is 0 Å². The summed E-state index contributed by atoms with van der Waals surface area (Å²) in [6.07, 6.45) is 0. The number of anilines is 3. The molecule has 94 valence electrons. The average Bonchev–Trinajstić information content (AvgIpc) is 2.85. The van der Waals surface area contributed by atoms with Crippen LogP contribution in [0.2, 0.25) is 0 Å². The van der Waals surface area contributed by atoms with Gasteiger partial charge in [0, 0.05) is 11.1 Å². The lowest BCUT2D eigenvalue weighted by atomic mass is 10.1. The van der Waals surface area contributed by atoms with Crippen molar-refractivity contribution in [2.45, 2.75) is 6.92 Å². The molecule has 0 spiro atoms. The maximum Gasteiger partial charge on any atom is 0.338 e. The van der Waals surface area contributed by atoms with Crippen molar-refractivity contribution in [3.8, 4) is 0 Å². The van der Waals surface area contributed by atoms with Gasteiger partial charge in [0.15, 0.2) is 0 Å². The van der Waals surface area contributed by atoms with Crippen LogP contribution in [-0.4, -0.2) is 12.6 Å². The van der Waals surface area contributed by atoms with Gasteiger partial charge < -0.3 is 15.8 Å². The number of thiophene rings is 1. The third-order valence-electron chi connectivity index (χ3n) is 2.36. The van der Waals surface area contributed by atoms with E-state index in [1.807, 2.05) is 16.8 Å². The van der Waals surface area contributed by atoms with E-state index in [9.17, 15) is 4.79 Å². The molecule has 0 amide bonds. The van der Waals surface area contributed by atoms with Gasteiger partial charge in [-0.05, 0) is 36.6 Å². The third kappa shape index (κ3) is 2.81. The van der Waals surface area contributed by atoms with Gasteiger partial charge in [-0.25, -0.2) is 4.79 Å². The first-order valence-electron chi connectivity index (χ1n) is 5.56. The molecule has 0 aliphatic rings. The number of nitrogens with one attached hydrogen (secondary N) is 1. The fourth-order valence-electron chi connectivity index (χ4n) is 1.51. The Labute approximate surface area is 109 Å². The molecule has 5 heteroatoms. The van der Waals surface area contributed by atoms with Gasteiger partial charge in [0.25, 0.3) is 0 Å². The summed E-state index contributed by atoms with van der Waals surface area (Å²) < 4.78 is 4.92. The maximum absolute atomic E-state index is 11.5. The van der Waals surface area contributed by atoms with Gasteiger partial charge in [-0.3, -0.25) is 0 Å². The number of rotatable bonds is 4. The molecular weight excluding hydrogens is 248 g/mol. The average molecular weight is 262 g/mol. The second kappa shape index (κ2) is 5.55. The van der Waals surface area contributed by atoms with Crippen molar-refractivity contribution in [1.82, 2.24) is 0 Å². The van der Waals surface area contributed by atoms with Crippen LogP contribution in [0.15, 0.2) is 35.0 Å². The van der Waals surface area contributed by atoms with E-state index in [0.29, 0.717) is 17.9 Å². The van der Waals surface area contributed by atoms with Crippen LogP contribution in [0.1, 0.15) is 17.3 Å². The zero-order valence-corrected chi connectivity index (χ0v) is 10.8. The molecule has 0 aliphatic heterocycles. The fraction of sp³-hybridized carbons (Fsp3) is 0.154. The standard InChI is InChI=1S/C13H14N2O2S/c1-2-17-13(16)9-3-4-12(11(14)7-9)15-10-5-6-18-8-10/h3-8,15H,2,14H2,1H3. The predicted octanol–water partition coefficient (Wildman–Crippen LogP) is 3.25. The van der Waals surface area contributed by atoms with Crippen molar-refractivity contribution >= 4 is 34.4 Å². The molecule has 1 heterocycles. The van der Waals surface area contributed by atoms with E-state index < -0.39 is 0 Å². The first kappa shape index (κ1) is 12.4. The van der Waals surface area contributed by atoms with Crippen molar-refractivity contribution in [2.24, 2.45) is 0 Å². The lowest BCUT2D eigenvalue weighted by Crippen LogP contribution is -2.06. The number of benzene rings is 1. The van der Waals surface area contributed by atoms with Crippen LogP contribution < -0.4 is 11.1 Å².